The van der Waals surface area contributed by atoms with Gasteiger partial charge in [-0.3, -0.25) is 14.4 Å². The third-order valence-corrected chi connectivity index (χ3v) is 5.09. The summed E-state index contributed by atoms with van der Waals surface area (Å²) in [4.78, 5) is 42.0. The van der Waals surface area contributed by atoms with E-state index in [1.807, 2.05) is 6.07 Å². The predicted octanol–water partition coefficient (Wildman–Crippen LogP) is 1.88. The fraction of sp³-hybridized carbons (Fsp3) is 0.500. The van der Waals surface area contributed by atoms with E-state index in [1.54, 1.807) is 6.07 Å². The Morgan fingerprint density at radius 3 is 2.42 bits per heavy atom. The first-order chi connectivity index (χ1) is 14.7. The number of nitriles is 1. The van der Waals surface area contributed by atoms with Crippen LogP contribution in [0.1, 0.15) is 26.5 Å². The Hall–Kier alpha value is -3.33. The lowest BCUT2D eigenvalue weighted by molar-refractivity contribution is -0.201. The summed E-state index contributed by atoms with van der Waals surface area (Å²) in [6.45, 7) is 3.23. The van der Waals surface area contributed by atoms with E-state index in [1.165, 1.54) is 26.1 Å². The van der Waals surface area contributed by atoms with Crippen molar-refractivity contribution in [3.8, 4) is 6.07 Å². The number of pyridine rings is 1. The number of carbonyl (C=O) groups excluding carboxylic acids is 3. The van der Waals surface area contributed by atoms with Crippen molar-refractivity contribution in [2.75, 3.05) is 6.61 Å². The van der Waals surface area contributed by atoms with Crippen molar-refractivity contribution in [1.82, 2.24) is 4.98 Å². The van der Waals surface area contributed by atoms with E-state index in [0.29, 0.717) is 4.90 Å². The molecule has 2 rings (SSSR count). The molecule has 1 saturated heterocycles. The molecule has 0 amide bonds. The topological polar surface area (TPSA) is 174 Å². The predicted molar refractivity (Wildman–Crippen MR) is 104 cm³/mol. The van der Waals surface area contributed by atoms with Crippen LogP contribution in [-0.4, -0.2) is 59.3 Å². The van der Waals surface area contributed by atoms with Gasteiger partial charge in [0, 0.05) is 36.8 Å². The summed E-state index contributed by atoms with van der Waals surface area (Å²) in [6.07, 6.45) is -1.88. The molecule has 1 aliphatic rings. The van der Waals surface area contributed by atoms with Gasteiger partial charge < -0.3 is 18.9 Å². The molecular formula is C18H19N5O7S. The van der Waals surface area contributed by atoms with Crippen LogP contribution < -0.4 is 0 Å². The third kappa shape index (κ3) is 6.85. The van der Waals surface area contributed by atoms with Crippen molar-refractivity contribution in [3.63, 3.8) is 0 Å². The summed E-state index contributed by atoms with van der Waals surface area (Å²) in [5.41, 5.74) is 8.34. The molecule has 0 radical (unpaired) electrons. The van der Waals surface area contributed by atoms with E-state index in [9.17, 15) is 14.4 Å². The molecule has 0 aromatic carbocycles. The molecule has 164 valence electrons. The maximum atomic E-state index is 11.7. The van der Waals surface area contributed by atoms with Crippen molar-refractivity contribution in [2.24, 2.45) is 5.11 Å². The molecule has 12 nitrogen and oxygen atoms in total. The van der Waals surface area contributed by atoms with Crippen LogP contribution in [0.4, 0.5) is 0 Å². The van der Waals surface area contributed by atoms with Gasteiger partial charge in [0.1, 0.15) is 48.2 Å². The van der Waals surface area contributed by atoms with Crippen LogP contribution in [0, 0.1) is 11.3 Å². The van der Waals surface area contributed by atoms with Crippen LogP contribution >= 0.6 is 11.8 Å². The largest absolute Gasteiger partial charge is 0.463 e. The molecule has 0 N–H and O–H groups in total. The van der Waals surface area contributed by atoms with Gasteiger partial charge in [0.2, 0.25) is 0 Å². The Kier molecular flexibility index (Phi) is 8.63. The van der Waals surface area contributed by atoms with Gasteiger partial charge >= 0.3 is 17.9 Å². The molecule has 0 bridgehead atoms. The Morgan fingerprint density at radius 2 is 1.90 bits per heavy atom. The second kappa shape index (κ2) is 11.2. The van der Waals surface area contributed by atoms with Crippen molar-refractivity contribution in [3.05, 3.63) is 34.5 Å². The number of ether oxygens (including phenoxy) is 4. The molecule has 0 aliphatic carbocycles. The van der Waals surface area contributed by atoms with Crippen LogP contribution in [0.3, 0.4) is 0 Å². The zero-order valence-electron chi connectivity index (χ0n) is 16.8. The molecule has 31 heavy (non-hydrogen) atoms. The van der Waals surface area contributed by atoms with Gasteiger partial charge in [-0.1, -0.05) is 16.9 Å². The smallest absolute Gasteiger partial charge is 0.303 e. The van der Waals surface area contributed by atoms with Crippen molar-refractivity contribution in [1.29, 1.82) is 5.26 Å². The highest BCUT2D eigenvalue weighted by atomic mass is 32.2. The third-order valence-electron chi connectivity index (χ3n) is 3.96. The number of aromatic nitrogens is 1. The second-order valence-electron chi connectivity index (χ2n) is 6.30. The van der Waals surface area contributed by atoms with Crippen molar-refractivity contribution >= 4 is 29.7 Å². The zero-order chi connectivity index (χ0) is 23.0. The van der Waals surface area contributed by atoms with Gasteiger partial charge in [-0.15, -0.1) is 0 Å². The highest BCUT2D eigenvalue weighted by Crippen LogP contribution is 2.37. The molecule has 1 aromatic rings. The minimum Gasteiger partial charge on any atom is -0.463 e. The van der Waals surface area contributed by atoms with Gasteiger partial charge in [0.25, 0.3) is 0 Å². The standard InChI is InChI=1S/C18H19N5O7S/c1-9(24)27-8-14-16(28-10(2)25)15(22-23-20)17(29-11(3)26)18(30-14)31-13-5-4-12(6-19)21-7-13/h4-5,7,14-18H,8H2,1-3H3/t14?,15?,16-,17-,18+/m0/s1. The van der Waals surface area contributed by atoms with Crippen LogP contribution in [0.15, 0.2) is 28.3 Å². The molecule has 5 atom stereocenters. The molecule has 1 aliphatic heterocycles. The van der Waals surface area contributed by atoms with E-state index in [0.717, 1.165) is 18.7 Å². The SMILES string of the molecule is CC(=O)OCC1O[C@H](Sc2ccc(C#N)nc2)[C@@H](OC(C)=O)C(N=[N+]=[N-])[C@H]1OC(C)=O. The van der Waals surface area contributed by atoms with E-state index in [4.69, 9.17) is 29.7 Å². The van der Waals surface area contributed by atoms with E-state index in [-0.39, 0.29) is 12.3 Å². The quantitative estimate of drug-likeness (QED) is 0.196. The summed E-state index contributed by atoms with van der Waals surface area (Å²) in [5.74, 6) is -1.95. The molecule has 2 heterocycles. The molecule has 0 saturated carbocycles. The first kappa shape index (κ1) is 23.9. The molecule has 13 heteroatoms. The second-order valence-corrected chi connectivity index (χ2v) is 7.47. The first-order valence-electron chi connectivity index (χ1n) is 8.95. The summed E-state index contributed by atoms with van der Waals surface area (Å²) in [5, 5.41) is 12.6. The molecule has 0 spiro atoms. The normalized spacial score (nSPS) is 24.8. The van der Waals surface area contributed by atoms with Crippen LogP contribution in [0.25, 0.3) is 10.4 Å². The molecule has 1 aromatic heterocycles. The summed E-state index contributed by atoms with van der Waals surface area (Å²) in [7, 11) is 0. The number of carbonyl (C=O) groups is 3. The van der Waals surface area contributed by atoms with Gasteiger partial charge in [-0.2, -0.15) is 5.26 Å². The van der Waals surface area contributed by atoms with Gasteiger partial charge in [0.15, 0.2) is 0 Å². The monoisotopic (exact) mass is 449 g/mol. The fourth-order valence-electron chi connectivity index (χ4n) is 2.82. The van der Waals surface area contributed by atoms with Gasteiger partial charge in [-0.25, -0.2) is 4.98 Å². The van der Waals surface area contributed by atoms with Crippen LogP contribution in [0.2, 0.25) is 0 Å². The molecular weight excluding hydrogens is 430 g/mol. The van der Waals surface area contributed by atoms with Crippen LogP contribution in [-0.2, 0) is 33.3 Å². The summed E-state index contributed by atoms with van der Waals surface area (Å²) < 4.78 is 21.6. The lowest BCUT2D eigenvalue weighted by Crippen LogP contribution is -2.59. The minimum absolute atomic E-state index is 0.208. The fourth-order valence-corrected chi connectivity index (χ4v) is 3.90. The number of rotatable bonds is 7. The number of thioether (sulfide) groups is 1. The van der Waals surface area contributed by atoms with Gasteiger partial charge in [0.05, 0.1) is 0 Å². The minimum atomic E-state index is -1.17. The maximum absolute atomic E-state index is 11.7. The number of hydrogen-bond acceptors (Lipinski definition) is 11. The number of azide groups is 1. The molecule has 2 unspecified atom stereocenters. The van der Waals surface area contributed by atoms with E-state index >= 15 is 0 Å². The highest BCUT2D eigenvalue weighted by molar-refractivity contribution is 7.99. The lowest BCUT2D eigenvalue weighted by Gasteiger charge is -2.43. The Labute approximate surface area is 181 Å². The highest BCUT2D eigenvalue weighted by Gasteiger charge is 2.50. The van der Waals surface area contributed by atoms with Crippen molar-refractivity contribution < 1.29 is 33.3 Å². The lowest BCUT2D eigenvalue weighted by atomic mass is 9.97. The van der Waals surface area contributed by atoms with Crippen LogP contribution in [0.5, 0.6) is 0 Å². The number of nitrogens with zero attached hydrogens (tertiary/aromatic N) is 5. The average molecular weight is 449 g/mol. The Morgan fingerprint density at radius 1 is 1.23 bits per heavy atom. The number of hydrogen-bond donors (Lipinski definition) is 0. The average Bonchev–Trinajstić information content (AvgIpc) is 2.70. The Bertz CT molecular complexity index is 913. The molecule has 1 fully saturated rings. The zero-order valence-corrected chi connectivity index (χ0v) is 17.6. The van der Waals surface area contributed by atoms with E-state index < -0.39 is 47.7 Å². The van der Waals surface area contributed by atoms with Crippen molar-refractivity contribution in [2.45, 2.75) is 55.5 Å². The Balaban J connectivity index is 2.42. The number of esters is 3. The van der Waals surface area contributed by atoms with Gasteiger partial charge in [-0.05, 0) is 17.7 Å². The maximum Gasteiger partial charge on any atom is 0.303 e. The van der Waals surface area contributed by atoms with E-state index in [2.05, 4.69) is 15.0 Å². The first-order valence-corrected chi connectivity index (χ1v) is 9.83. The summed E-state index contributed by atoms with van der Waals surface area (Å²) >= 11 is 1.09. The summed E-state index contributed by atoms with van der Waals surface area (Å²) in [6, 6.07) is 3.86.